The zero-order valence-electron chi connectivity index (χ0n) is 7.03. The highest BCUT2D eigenvalue weighted by Crippen LogP contribution is 2.17. The molecule has 0 unspecified atom stereocenters. The van der Waals surface area contributed by atoms with Crippen molar-refractivity contribution in [2.45, 2.75) is 13.3 Å². The summed E-state index contributed by atoms with van der Waals surface area (Å²) in [5.41, 5.74) is 0.104. The Morgan fingerprint density at radius 3 is 2.31 bits per heavy atom. The van der Waals surface area contributed by atoms with Crippen LogP contribution in [0.25, 0.3) is 0 Å². The zero-order chi connectivity index (χ0) is 10.1. The third kappa shape index (κ3) is 2.40. The Morgan fingerprint density at radius 1 is 1.31 bits per heavy atom. The molecule has 0 saturated carbocycles. The van der Waals surface area contributed by atoms with Crippen LogP contribution >= 0.6 is 11.6 Å². The third-order valence-corrected chi connectivity index (χ3v) is 2.19. The van der Waals surface area contributed by atoms with Gasteiger partial charge >= 0.3 is 6.98 Å². The van der Waals surface area contributed by atoms with Gasteiger partial charge in [-0.05, 0) is 12.0 Å². The first-order valence-corrected chi connectivity index (χ1v) is 4.31. The van der Waals surface area contributed by atoms with E-state index in [0.717, 1.165) is 17.7 Å². The summed E-state index contributed by atoms with van der Waals surface area (Å²) < 4.78 is 36.6. The van der Waals surface area contributed by atoms with Crippen LogP contribution in [0.5, 0.6) is 0 Å². The van der Waals surface area contributed by atoms with Crippen molar-refractivity contribution >= 4 is 24.0 Å². The molecule has 0 N–H and O–H groups in total. The minimum atomic E-state index is -4.93. The van der Waals surface area contributed by atoms with E-state index in [4.69, 9.17) is 11.6 Å². The number of halogens is 4. The van der Waals surface area contributed by atoms with Gasteiger partial charge < -0.3 is 12.9 Å². The van der Waals surface area contributed by atoms with Crippen molar-refractivity contribution in [2.75, 3.05) is 0 Å². The number of rotatable bonds is 2. The van der Waals surface area contributed by atoms with Gasteiger partial charge in [-0.1, -0.05) is 36.7 Å². The summed E-state index contributed by atoms with van der Waals surface area (Å²) in [4.78, 5) is 0. The van der Waals surface area contributed by atoms with Gasteiger partial charge in [-0.25, -0.2) is 0 Å². The second-order valence-electron chi connectivity index (χ2n) is 2.78. The Bertz CT molecular complexity index is 309. The molecule has 0 aliphatic heterocycles. The van der Waals surface area contributed by atoms with Gasteiger partial charge in [0.15, 0.2) is 0 Å². The maximum absolute atomic E-state index is 12.2. The van der Waals surface area contributed by atoms with Gasteiger partial charge in [0.05, 0.1) is 0 Å². The highest BCUT2D eigenvalue weighted by Gasteiger charge is 2.25. The molecule has 72 valence electrons. The minimum absolute atomic E-state index is 0.194. The van der Waals surface area contributed by atoms with Crippen LogP contribution in [-0.2, 0) is 6.42 Å². The molecule has 0 atom stereocenters. The molecule has 0 nitrogen and oxygen atoms in total. The lowest BCUT2D eigenvalue weighted by Crippen LogP contribution is -2.33. The number of aryl methyl sites for hydroxylation is 1. The van der Waals surface area contributed by atoms with Crippen LogP contribution in [0.15, 0.2) is 18.2 Å². The second kappa shape index (κ2) is 3.62. The van der Waals surface area contributed by atoms with Crippen molar-refractivity contribution < 1.29 is 12.9 Å². The van der Waals surface area contributed by atoms with Gasteiger partial charge in [0.2, 0.25) is 0 Å². The fraction of sp³-hybridized carbons (Fsp3) is 0.250. The van der Waals surface area contributed by atoms with Gasteiger partial charge in [0, 0.05) is 5.02 Å². The molecule has 1 rings (SSSR count). The molecule has 1 aromatic carbocycles. The first-order valence-electron chi connectivity index (χ1n) is 3.93. The first kappa shape index (κ1) is 10.4. The molecular formula is C8H8BClF3-. The lowest BCUT2D eigenvalue weighted by Gasteiger charge is -2.15. The van der Waals surface area contributed by atoms with Gasteiger partial charge in [-0.2, -0.15) is 0 Å². The highest BCUT2D eigenvalue weighted by atomic mass is 35.5. The van der Waals surface area contributed by atoms with Crippen LogP contribution in [0.1, 0.15) is 12.5 Å². The summed E-state index contributed by atoms with van der Waals surface area (Å²) in [5.74, 6) is 0. The molecule has 0 amide bonds. The van der Waals surface area contributed by atoms with Gasteiger partial charge in [0.25, 0.3) is 0 Å². The molecule has 0 radical (unpaired) electrons. The van der Waals surface area contributed by atoms with E-state index >= 15 is 0 Å². The molecule has 0 aliphatic carbocycles. The van der Waals surface area contributed by atoms with E-state index in [2.05, 4.69) is 0 Å². The molecule has 0 bridgehead atoms. The lowest BCUT2D eigenvalue weighted by molar-refractivity contribution is 0.501. The van der Waals surface area contributed by atoms with E-state index in [-0.39, 0.29) is 5.02 Å². The smallest absolute Gasteiger partial charge is 0.445 e. The van der Waals surface area contributed by atoms with E-state index in [0.29, 0.717) is 6.42 Å². The van der Waals surface area contributed by atoms with E-state index in [1.807, 2.05) is 6.92 Å². The average molecular weight is 207 g/mol. The van der Waals surface area contributed by atoms with E-state index in [1.165, 1.54) is 6.07 Å². The van der Waals surface area contributed by atoms with E-state index < -0.39 is 12.4 Å². The van der Waals surface area contributed by atoms with Crippen LogP contribution < -0.4 is 5.46 Å². The predicted molar refractivity (Wildman–Crippen MR) is 49.5 cm³/mol. The Hall–Kier alpha value is -0.635. The number of hydrogen-bond donors (Lipinski definition) is 0. The average Bonchev–Trinajstić information content (AvgIpc) is 2.02. The summed E-state index contributed by atoms with van der Waals surface area (Å²) in [6.07, 6.45) is 0.643. The van der Waals surface area contributed by atoms with E-state index in [9.17, 15) is 12.9 Å². The molecule has 0 saturated heterocycles. The van der Waals surface area contributed by atoms with Crippen molar-refractivity contribution in [3.8, 4) is 0 Å². The summed E-state index contributed by atoms with van der Waals surface area (Å²) >= 11 is 5.65. The highest BCUT2D eigenvalue weighted by molar-refractivity contribution is 6.73. The van der Waals surface area contributed by atoms with Crippen LogP contribution in [-0.4, -0.2) is 6.98 Å². The Labute approximate surface area is 79.8 Å². The van der Waals surface area contributed by atoms with Gasteiger partial charge in [-0.15, -0.1) is 5.46 Å². The minimum Gasteiger partial charge on any atom is -0.445 e. The van der Waals surface area contributed by atoms with Crippen molar-refractivity contribution in [3.05, 3.63) is 28.8 Å². The largest absolute Gasteiger partial charge is 0.509 e. The fourth-order valence-corrected chi connectivity index (χ4v) is 1.38. The van der Waals surface area contributed by atoms with Gasteiger partial charge in [0.1, 0.15) is 0 Å². The SMILES string of the molecule is CCc1ccc([B-](F)(F)F)cc1Cl. The number of hydrogen-bond acceptors (Lipinski definition) is 0. The van der Waals surface area contributed by atoms with Crippen LogP contribution in [0.2, 0.25) is 5.02 Å². The normalized spacial score (nSPS) is 11.8. The second-order valence-corrected chi connectivity index (χ2v) is 3.19. The summed E-state index contributed by atoms with van der Waals surface area (Å²) in [5, 5.41) is 0.194. The summed E-state index contributed by atoms with van der Waals surface area (Å²) in [6.45, 7) is -3.08. The molecule has 0 aliphatic rings. The molecule has 13 heavy (non-hydrogen) atoms. The summed E-state index contributed by atoms with van der Waals surface area (Å²) in [7, 11) is 0. The monoisotopic (exact) mass is 207 g/mol. The van der Waals surface area contributed by atoms with Crippen LogP contribution in [0.4, 0.5) is 12.9 Å². The summed E-state index contributed by atoms with van der Waals surface area (Å²) in [6, 6.07) is 3.48. The first-order chi connectivity index (χ1) is 5.95. The Kier molecular flexibility index (Phi) is 2.91. The quantitative estimate of drug-likeness (QED) is 0.654. The van der Waals surface area contributed by atoms with Crippen molar-refractivity contribution in [2.24, 2.45) is 0 Å². The standard InChI is InChI=1S/C8H8BClF3/c1-2-6-3-4-7(5-8(6)10)9(11,12)13/h3-5H,2H2,1H3/q-1. The lowest BCUT2D eigenvalue weighted by atomic mass is 9.80. The molecule has 0 fully saturated rings. The third-order valence-electron chi connectivity index (χ3n) is 1.84. The molecule has 0 spiro atoms. The van der Waals surface area contributed by atoms with E-state index in [1.54, 1.807) is 0 Å². The Morgan fingerprint density at radius 2 is 1.92 bits per heavy atom. The van der Waals surface area contributed by atoms with Gasteiger partial charge in [-0.3, -0.25) is 0 Å². The fourth-order valence-electron chi connectivity index (χ4n) is 1.05. The Balaban J connectivity index is 3.10. The van der Waals surface area contributed by atoms with Crippen LogP contribution in [0, 0.1) is 0 Å². The molecule has 0 aromatic heterocycles. The number of benzene rings is 1. The van der Waals surface area contributed by atoms with Crippen molar-refractivity contribution in [1.82, 2.24) is 0 Å². The molecule has 0 heterocycles. The maximum atomic E-state index is 12.2. The maximum Gasteiger partial charge on any atom is 0.509 e. The zero-order valence-corrected chi connectivity index (χ0v) is 7.78. The van der Waals surface area contributed by atoms with Crippen LogP contribution in [0.3, 0.4) is 0 Å². The predicted octanol–water partition coefficient (Wildman–Crippen LogP) is 2.96. The van der Waals surface area contributed by atoms with Crippen molar-refractivity contribution in [1.29, 1.82) is 0 Å². The molecule has 1 aromatic rings. The topological polar surface area (TPSA) is 0 Å². The van der Waals surface area contributed by atoms with Crippen molar-refractivity contribution in [3.63, 3.8) is 0 Å². The molecular weight excluding hydrogens is 199 g/mol. The molecule has 5 heteroatoms.